The molecule has 0 aromatic heterocycles. The van der Waals surface area contributed by atoms with Crippen LogP contribution in [0.5, 0.6) is 0 Å². The molecule has 122 valence electrons. The second-order valence-electron chi connectivity index (χ2n) is 6.91. The molecule has 21 heavy (non-hydrogen) atoms. The summed E-state index contributed by atoms with van der Waals surface area (Å²) in [4.78, 5) is 34.7. The molecule has 0 amide bonds. The van der Waals surface area contributed by atoms with Crippen molar-refractivity contribution < 1.29 is 29.0 Å². The zero-order valence-corrected chi connectivity index (χ0v) is 13.7. The molecule has 0 aliphatic rings. The molecular formula is C15H26O6. The number of carboxylic acid groups (broad SMARTS) is 1. The van der Waals surface area contributed by atoms with Crippen LogP contribution >= 0.6 is 0 Å². The maximum Gasteiger partial charge on any atom is 0.320 e. The van der Waals surface area contributed by atoms with Gasteiger partial charge in [-0.1, -0.05) is 0 Å². The lowest BCUT2D eigenvalue weighted by atomic mass is 10.0. The first kappa shape index (κ1) is 19.4. The predicted molar refractivity (Wildman–Crippen MR) is 76.7 cm³/mol. The van der Waals surface area contributed by atoms with E-state index in [0.717, 1.165) is 0 Å². The van der Waals surface area contributed by atoms with Crippen LogP contribution in [0.2, 0.25) is 0 Å². The Kier molecular flexibility index (Phi) is 6.86. The van der Waals surface area contributed by atoms with Crippen LogP contribution in [0.1, 0.15) is 60.8 Å². The number of esters is 2. The van der Waals surface area contributed by atoms with Gasteiger partial charge in [-0.15, -0.1) is 0 Å². The summed E-state index contributed by atoms with van der Waals surface area (Å²) in [5, 5.41) is 8.64. The monoisotopic (exact) mass is 302 g/mol. The van der Waals surface area contributed by atoms with Gasteiger partial charge in [0.05, 0.1) is 0 Å². The molecule has 0 aromatic rings. The number of hydrogen-bond donors (Lipinski definition) is 1. The van der Waals surface area contributed by atoms with Crippen molar-refractivity contribution in [3.05, 3.63) is 0 Å². The largest absolute Gasteiger partial charge is 0.481 e. The Morgan fingerprint density at radius 1 is 0.905 bits per heavy atom. The van der Waals surface area contributed by atoms with E-state index >= 15 is 0 Å². The average Bonchev–Trinajstić information content (AvgIpc) is 2.18. The number of carboxylic acids is 1. The molecule has 1 N–H and O–H groups in total. The molecule has 0 rings (SSSR count). The number of aliphatic carboxylic acids is 1. The van der Waals surface area contributed by atoms with E-state index in [-0.39, 0.29) is 19.3 Å². The molecular weight excluding hydrogens is 276 g/mol. The summed E-state index contributed by atoms with van der Waals surface area (Å²) in [6.45, 7) is 10.2. The van der Waals surface area contributed by atoms with Gasteiger partial charge in [-0.3, -0.25) is 14.4 Å². The normalized spacial score (nSPS) is 12.1. The summed E-state index contributed by atoms with van der Waals surface area (Å²) in [5.41, 5.74) is -1.44. The van der Waals surface area contributed by atoms with E-state index in [4.69, 9.17) is 14.6 Å². The van der Waals surface area contributed by atoms with E-state index in [9.17, 15) is 14.4 Å². The summed E-state index contributed by atoms with van der Waals surface area (Å²) in [6, 6.07) is 0. The van der Waals surface area contributed by atoms with Crippen molar-refractivity contribution >= 4 is 17.9 Å². The molecule has 0 fully saturated rings. The van der Waals surface area contributed by atoms with E-state index in [1.165, 1.54) is 0 Å². The van der Waals surface area contributed by atoms with Crippen LogP contribution in [0.25, 0.3) is 0 Å². The summed E-state index contributed by atoms with van der Waals surface area (Å²) in [5.74, 6) is -3.42. The highest BCUT2D eigenvalue weighted by molar-refractivity contribution is 5.95. The van der Waals surface area contributed by atoms with Crippen molar-refractivity contribution in [2.45, 2.75) is 72.0 Å². The molecule has 0 aliphatic heterocycles. The molecule has 0 unspecified atom stereocenters. The molecule has 0 bridgehead atoms. The Morgan fingerprint density at radius 2 is 1.29 bits per heavy atom. The van der Waals surface area contributed by atoms with Gasteiger partial charge >= 0.3 is 17.9 Å². The van der Waals surface area contributed by atoms with Gasteiger partial charge in [-0.05, 0) is 54.4 Å². The molecule has 6 heteroatoms. The third-order valence-electron chi connectivity index (χ3n) is 2.27. The number of ether oxygens (including phenoxy) is 2. The van der Waals surface area contributed by atoms with Crippen LogP contribution in [0.4, 0.5) is 0 Å². The third kappa shape index (κ3) is 9.87. The predicted octanol–water partition coefficient (Wildman–Crippen LogP) is 2.54. The first-order valence-electron chi connectivity index (χ1n) is 6.99. The minimum atomic E-state index is -1.09. The maximum atomic E-state index is 12.1. The van der Waals surface area contributed by atoms with Gasteiger partial charge < -0.3 is 14.6 Å². The van der Waals surface area contributed by atoms with Gasteiger partial charge in [-0.25, -0.2) is 0 Å². The van der Waals surface area contributed by atoms with Crippen LogP contribution in [0, 0.1) is 5.92 Å². The first-order valence-corrected chi connectivity index (χ1v) is 6.99. The SMILES string of the molecule is CC(C)(C)OC(=O)C(CCCC(=O)O)C(=O)OC(C)(C)C. The van der Waals surface area contributed by atoms with Crippen LogP contribution in [0.3, 0.4) is 0 Å². The summed E-state index contributed by atoms with van der Waals surface area (Å²) >= 11 is 0. The highest BCUT2D eigenvalue weighted by Gasteiger charge is 2.34. The van der Waals surface area contributed by atoms with Crippen molar-refractivity contribution in [1.29, 1.82) is 0 Å². The second kappa shape index (κ2) is 7.43. The summed E-state index contributed by atoms with van der Waals surface area (Å²) < 4.78 is 10.4. The highest BCUT2D eigenvalue weighted by atomic mass is 16.6. The van der Waals surface area contributed by atoms with E-state index in [0.29, 0.717) is 0 Å². The number of carbonyl (C=O) groups is 3. The number of rotatable bonds is 6. The molecule has 0 aliphatic carbocycles. The second-order valence-corrected chi connectivity index (χ2v) is 6.91. The van der Waals surface area contributed by atoms with Crippen LogP contribution in [-0.4, -0.2) is 34.2 Å². The zero-order valence-electron chi connectivity index (χ0n) is 13.7. The van der Waals surface area contributed by atoms with E-state index in [1.54, 1.807) is 41.5 Å². The van der Waals surface area contributed by atoms with Gasteiger partial charge in [0.1, 0.15) is 11.2 Å². The Labute approximate surface area is 125 Å². The van der Waals surface area contributed by atoms with Gasteiger partial charge in [0, 0.05) is 6.42 Å². The Hall–Kier alpha value is -1.59. The average molecular weight is 302 g/mol. The lowest BCUT2D eigenvalue weighted by Crippen LogP contribution is -2.37. The Balaban J connectivity index is 4.87. The lowest BCUT2D eigenvalue weighted by molar-refractivity contribution is -0.175. The molecule has 0 radical (unpaired) electrons. The van der Waals surface area contributed by atoms with Crippen molar-refractivity contribution in [3.63, 3.8) is 0 Å². The molecule has 6 nitrogen and oxygen atoms in total. The van der Waals surface area contributed by atoms with E-state index in [2.05, 4.69) is 0 Å². The van der Waals surface area contributed by atoms with Gasteiger partial charge in [0.2, 0.25) is 0 Å². The standard InChI is InChI=1S/C15H26O6/c1-14(2,3)20-12(18)10(8-7-9-11(16)17)13(19)21-15(4,5)6/h10H,7-9H2,1-6H3,(H,16,17). The topological polar surface area (TPSA) is 89.9 Å². The zero-order chi connectivity index (χ0) is 16.8. The minimum absolute atomic E-state index is 0.0934. The quantitative estimate of drug-likeness (QED) is 0.599. The summed E-state index contributed by atoms with van der Waals surface area (Å²) in [6.07, 6.45) is 0.191. The molecule has 0 heterocycles. The van der Waals surface area contributed by atoms with Crippen molar-refractivity contribution in [2.24, 2.45) is 5.92 Å². The van der Waals surface area contributed by atoms with Crippen molar-refractivity contribution in [2.75, 3.05) is 0 Å². The fourth-order valence-electron chi connectivity index (χ4n) is 1.54. The van der Waals surface area contributed by atoms with Crippen LogP contribution in [-0.2, 0) is 23.9 Å². The van der Waals surface area contributed by atoms with Gasteiger partial charge in [0.15, 0.2) is 5.92 Å². The highest BCUT2D eigenvalue weighted by Crippen LogP contribution is 2.20. The van der Waals surface area contributed by atoms with E-state index < -0.39 is 35.0 Å². The van der Waals surface area contributed by atoms with E-state index in [1.807, 2.05) is 0 Å². The van der Waals surface area contributed by atoms with Gasteiger partial charge in [0.25, 0.3) is 0 Å². The number of carbonyl (C=O) groups excluding carboxylic acids is 2. The fourth-order valence-corrected chi connectivity index (χ4v) is 1.54. The van der Waals surface area contributed by atoms with Crippen molar-refractivity contribution in [1.82, 2.24) is 0 Å². The van der Waals surface area contributed by atoms with Crippen LogP contribution in [0.15, 0.2) is 0 Å². The molecule has 0 saturated carbocycles. The van der Waals surface area contributed by atoms with Gasteiger partial charge in [-0.2, -0.15) is 0 Å². The molecule has 0 saturated heterocycles. The minimum Gasteiger partial charge on any atom is -0.481 e. The third-order valence-corrected chi connectivity index (χ3v) is 2.27. The van der Waals surface area contributed by atoms with Crippen molar-refractivity contribution in [3.8, 4) is 0 Å². The molecule has 0 spiro atoms. The summed E-state index contributed by atoms with van der Waals surface area (Å²) in [7, 11) is 0. The van der Waals surface area contributed by atoms with Crippen LogP contribution < -0.4 is 0 Å². The first-order chi connectivity index (χ1) is 9.32. The Morgan fingerprint density at radius 3 is 1.57 bits per heavy atom. The fraction of sp³-hybridized carbons (Fsp3) is 0.800. The maximum absolute atomic E-state index is 12.1. The smallest absolute Gasteiger partial charge is 0.320 e. The Bertz CT molecular complexity index is 358. The molecule has 0 aromatic carbocycles. The molecule has 0 atom stereocenters. The number of hydrogen-bond acceptors (Lipinski definition) is 5. The lowest BCUT2D eigenvalue weighted by Gasteiger charge is -2.26.